The van der Waals surface area contributed by atoms with Crippen molar-refractivity contribution in [1.29, 1.82) is 0 Å². The molecule has 4 aromatic rings. The minimum absolute atomic E-state index is 0.907. The molecule has 0 radical (unpaired) electrons. The third-order valence-corrected chi connectivity index (χ3v) is 4.79. The van der Waals surface area contributed by atoms with Crippen molar-refractivity contribution >= 4 is 32.9 Å². The van der Waals surface area contributed by atoms with Gasteiger partial charge in [-0.1, -0.05) is 66.7 Å². The first-order valence-electron chi connectivity index (χ1n) is 9.55. The van der Waals surface area contributed by atoms with Crippen molar-refractivity contribution in [2.24, 2.45) is 0 Å². The van der Waals surface area contributed by atoms with Gasteiger partial charge in [-0.15, -0.1) is 0 Å². The first kappa shape index (κ1) is 17.4. The van der Waals surface area contributed by atoms with Gasteiger partial charge < -0.3 is 16.0 Å². The summed E-state index contributed by atoms with van der Waals surface area (Å²) in [4.78, 5) is 0. The zero-order valence-corrected chi connectivity index (χ0v) is 15.4. The van der Waals surface area contributed by atoms with E-state index in [9.17, 15) is 0 Å². The van der Waals surface area contributed by atoms with Gasteiger partial charge in [0.1, 0.15) is 0 Å². The van der Waals surface area contributed by atoms with Gasteiger partial charge in [0.2, 0.25) is 0 Å². The molecule has 3 nitrogen and oxygen atoms in total. The Balaban J connectivity index is 1.19. The van der Waals surface area contributed by atoms with E-state index in [0.29, 0.717) is 0 Å². The zero-order valence-electron chi connectivity index (χ0n) is 15.4. The molecule has 0 aliphatic carbocycles. The molecule has 0 saturated heterocycles. The summed E-state index contributed by atoms with van der Waals surface area (Å²) in [6.07, 6.45) is 0. The molecule has 0 bridgehead atoms. The molecule has 0 unspecified atom stereocenters. The van der Waals surface area contributed by atoms with Gasteiger partial charge >= 0.3 is 0 Å². The van der Waals surface area contributed by atoms with E-state index in [1.807, 2.05) is 0 Å². The van der Waals surface area contributed by atoms with Crippen molar-refractivity contribution in [2.75, 3.05) is 36.8 Å². The SMILES string of the molecule is c1ccc2cc(NCCNCCNc3cccc4ccccc34)ccc2c1. The van der Waals surface area contributed by atoms with E-state index in [-0.39, 0.29) is 0 Å². The van der Waals surface area contributed by atoms with Crippen molar-refractivity contribution in [3.8, 4) is 0 Å². The molecule has 4 aromatic carbocycles. The molecule has 3 heteroatoms. The molecule has 0 aromatic heterocycles. The number of hydrogen-bond donors (Lipinski definition) is 3. The highest BCUT2D eigenvalue weighted by Gasteiger charge is 1.99. The molecule has 0 atom stereocenters. The number of rotatable bonds is 8. The van der Waals surface area contributed by atoms with E-state index < -0.39 is 0 Å². The van der Waals surface area contributed by atoms with Crippen molar-refractivity contribution < 1.29 is 0 Å². The highest BCUT2D eigenvalue weighted by molar-refractivity contribution is 5.93. The minimum atomic E-state index is 0.907. The van der Waals surface area contributed by atoms with Crippen molar-refractivity contribution in [3.05, 3.63) is 84.9 Å². The van der Waals surface area contributed by atoms with Gasteiger partial charge in [0.05, 0.1) is 0 Å². The quantitative estimate of drug-likeness (QED) is 0.385. The summed E-state index contributed by atoms with van der Waals surface area (Å²) in [5.41, 5.74) is 2.37. The Morgan fingerprint density at radius 1 is 0.519 bits per heavy atom. The van der Waals surface area contributed by atoms with Gasteiger partial charge in [-0.2, -0.15) is 0 Å². The normalized spacial score (nSPS) is 11.0. The smallest absolute Gasteiger partial charge is 0.0420 e. The summed E-state index contributed by atoms with van der Waals surface area (Å²) in [5.74, 6) is 0. The monoisotopic (exact) mass is 355 g/mol. The molecular formula is C24H25N3. The second-order valence-electron chi connectivity index (χ2n) is 6.69. The maximum atomic E-state index is 3.53. The molecule has 0 aliphatic rings. The first-order valence-corrected chi connectivity index (χ1v) is 9.55. The fraction of sp³-hybridized carbons (Fsp3) is 0.167. The van der Waals surface area contributed by atoms with Crippen molar-refractivity contribution in [2.45, 2.75) is 0 Å². The Hall–Kier alpha value is -3.04. The van der Waals surface area contributed by atoms with Crippen LogP contribution in [0.15, 0.2) is 84.9 Å². The summed E-state index contributed by atoms with van der Waals surface area (Å²) in [7, 11) is 0. The Labute approximate surface area is 160 Å². The molecule has 0 amide bonds. The zero-order chi connectivity index (χ0) is 18.3. The molecule has 0 saturated carbocycles. The summed E-state index contributed by atoms with van der Waals surface area (Å²) >= 11 is 0. The standard InChI is InChI=1S/C24H25N3/c1-2-8-21-18-22(13-12-19(21)6-1)26-16-14-25-15-17-27-24-11-5-9-20-7-3-4-10-23(20)24/h1-13,18,25-27H,14-17H2. The molecule has 136 valence electrons. The molecule has 0 fully saturated rings. The molecule has 0 spiro atoms. The maximum absolute atomic E-state index is 3.53. The molecule has 0 heterocycles. The number of hydrogen-bond acceptors (Lipinski definition) is 3. The van der Waals surface area contributed by atoms with Crippen LogP contribution in [0.1, 0.15) is 0 Å². The van der Waals surface area contributed by atoms with Crippen LogP contribution >= 0.6 is 0 Å². The Morgan fingerprint density at radius 2 is 1.22 bits per heavy atom. The van der Waals surface area contributed by atoms with Crippen LogP contribution < -0.4 is 16.0 Å². The lowest BCUT2D eigenvalue weighted by molar-refractivity contribution is 0.719. The van der Waals surface area contributed by atoms with Crippen LogP contribution in [0.5, 0.6) is 0 Å². The average Bonchev–Trinajstić information content (AvgIpc) is 2.73. The number of benzene rings is 4. The van der Waals surface area contributed by atoms with Crippen LogP contribution in [-0.4, -0.2) is 26.2 Å². The highest BCUT2D eigenvalue weighted by Crippen LogP contribution is 2.22. The van der Waals surface area contributed by atoms with Gasteiger partial charge in [-0.05, 0) is 34.4 Å². The van der Waals surface area contributed by atoms with Gasteiger partial charge in [0.25, 0.3) is 0 Å². The van der Waals surface area contributed by atoms with E-state index in [1.54, 1.807) is 0 Å². The van der Waals surface area contributed by atoms with E-state index >= 15 is 0 Å². The second kappa shape index (κ2) is 8.56. The van der Waals surface area contributed by atoms with Gasteiger partial charge in [0, 0.05) is 42.9 Å². The maximum Gasteiger partial charge on any atom is 0.0420 e. The molecule has 3 N–H and O–H groups in total. The average molecular weight is 355 g/mol. The fourth-order valence-electron chi connectivity index (χ4n) is 3.38. The third-order valence-electron chi connectivity index (χ3n) is 4.79. The highest BCUT2D eigenvalue weighted by atomic mass is 15.0. The third kappa shape index (κ3) is 4.39. The second-order valence-corrected chi connectivity index (χ2v) is 6.69. The van der Waals surface area contributed by atoms with E-state index in [4.69, 9.17) is 0 Å². The van der Waals surface area contributed by atoms with Crippen LogP contribution in [-0.2, 0) is 0 Å². The van der Waals surface area contributed by atoms with E-state index in [1.165, 1.54) is 32.9 Å². The fourth-order valence-corrected chi connectivity index (χ4v) is 3.38. The topological polar surface area (TPSA) is 36.1 Å². The number of fused-ring (bicyclic) bond motifs is 2. The Morgan fingerprint density at radius 3 is 2.11 bits per heavy atom. The van der Waals surface area contributed by atoms with Gasteiger partial charge in [0.15, 0.2) is 0 Å². The van der Waals surface area contributed by atoms with E-state index in [0.717, 1.165) is 26.2 Å². The van der Waals surface area contributed by atoms with Crippen LogP contribution in [0.3, 0.4) is 0 Å². The molecule has 4 rings (SSSR count). The molecule has 0 aliphatic heterocycles. The van der Waals surface area contributed by atoms with Crippen molar-refractivity contribution in [3.63, 3.8) is 0 Å². The largest absolute Gasteiger partial charge is 0.384 e. The predicted octanol–water partition coefficient (Wildman–Crippen LogP) is 5.11. The lowest BCUT2D eigenvalue weighted by Gasteiger charge is -2.11. The minimum Gasteiger partial charge on any atom is -0.384 e. The number of anilines is 2. The predicted molar refractivity (Wildman–Crippen MR) is 118 cm³/mol. The van der Waals surface area contributed by atoms with Crippen LogP contribution in [0.2, 0.25) is 0 Å². The lowest BCUT2D eigenvalue weighted by Crippen LogP contribution is -2.27. The molecular weight excluding hydrogens is 330 g/mol. The van der Waals surface area contributed by atoms with Gasteiger partial charge in [-0.25, -0.2) is 0 Å². The lowest BCUT2D eigenvalue weighted by atomic mass is 10.1. The Bertz CT molecular complexity index is 1020. The molecule has 27 heavy (non-hydrogen) atoms. The van der Waals surface area contributed by atoms with Crippen molar-refractivity contribution in [1.82, 2.24) is 5.32 Å². The number of nitrogens with one attached hydrogen (secondary N) is 3. The van der Waals surface area contributed by atoms with Crippen LogP contribution in [0, 0.1) is 0 Å². The first-order chi connectivity index (χ1) is 13.4. The summed E-state index contributed by atoms with van der Waals surface area (Å²) in [6, 6.07) is 29.8. The summed E-state index contributed by atoms with van der Waals surface area (Å²) < 4.78 is 0. The summed E-state index contributed by atoms with van der Waals surface area (Å²) in [5, 5.41) is 15.6. The van der Waals surface area contributed by atoms with Gasteiger partial charge in [-0.3, -0.25) is 0 Å². The Kier molecular flexibility index (Phi) is 5.51. The van der Waals surface area contributed by atoms with E-state index in [2.05, 4.69) is 101 Å². The van der Waals surface area contributed by atoms with Crippen LogP contribution in [0.4, 0.5) is 11.4 Å². The van der Waals surface area contributed by atoms with Crippen LogP contribution in [0.25, 0.3) is 21.5 Å². The summed E-state index contributed by atoms with van der Waals surface area (Å²) in [6.45, 7) is 3.68.